The Labute approximate surface area is 293 Å². The lowest BCUT2D eigenvalue weighted by Gasteiger charge is -2.50. The standard InChI is InChI=1S/C37H35Cl2N3O7/c1-3-41-33(44)26-14-13-25-27(31(26)35(41)46)19-28-34(45)42(40-30-15-8-22(38)18-29(30)39)36(47)37(28,21-6-11-23(48-2)12-7-21)32(25)20-4-9-24(10-5-20)49-17-16-43/h4-13,15,18,26-28,31-32,40,43H,3,14,16-17,19H2,1-2H3/t26-,27+,28-,31-,32-,37+/m0/s1. The van der Waals surface area contributed by atoms with Crippen LogP contribution in [0.5, 0.6) is 11.5 Å². The van der Waals surface area contributed by atoms with Gasteiger partial charge in [-0.05, 0) is 79.3 Å². The topological polar surface area (TPSA) is 125 Å². The predicted molar refractivity (Wildman–Crippen MR) is 182 cm³/mol. The van der Waals surface area contributed by atoms with Gasteiger partial charge in [-0.2, -0.15) is 5.01 Å². The van der Waals surface area contributed by atoms with Crippen LogP contribution in [0.15, 0.2) is 78.4 Å². The summed E-state index contributed by atoms with van der Waals surface area (Å²) >= 11 is 12.7. The monoisotopic (exact) mass is 703 g/mol. The fourth-order valence-electron chi connectivity index (χ4n) is 8.52. The average molecular weight is 705 g/mol. The summed E-state index contributed by atoms with van der Waals surface area (Å²) in [4.78, 5) is 58.6. The van der Waals surface area contributed by atoms with E-state index >= 15 is 4.79 Å². The van der Waals surface area contributed by atoms with Crippen molar-refractivity contribution in [1.82, 2.24) is 9.91 Å². The fraction of sp³-hybridized carbons (Fsp3) is 0.351. The van der Waals surface area contributed by atoms with Crippen molar-refractivity contribution in [2.24, 2.45) is 23.7 Å². The van der Waals surface area contributed by atoms with E-state index in [2.05, 4.69) is 5.43 Å². The van der Waals surface area contributed by atoms with E-state index in [1.54, 1.807) is 50.4 Å². The van der Waals surface area contributed by atoms with Crippen LogP contribution in [-0.4, -0.2) is 65.5 Å². The number of aliphatic hydroxyl groups excluding tert-OH is 1. The summed E-state index contributed by atoms with van der Waals surface area (Å²) in [6, 6.07) is 19.2. The maximum atomic E-state index is 15.3. The van der Waals surface area contributed by atoms with Gasteiger partial charge in [0.2, 0.25) is 11.8 Å². The van der Waals surface area contributed by atoms with Crippen molar-refractivity contribution in [2.75, 3.05) is 32.3 Å². The Morgan fingerprint density at radius 2 is 1.63 bits per heavy atom. The minimum absolute atomic E-state index is 0.113. The van der Waals surface area contributed by atoms with Gasteiger partial charge in [-0.3, -0.25) is 29.5 Å². The Morgan fingerprint density at radius 3 is 2.29 bits per heavy atom. The molecule has 0 bridgehead atoms. The average Bonchev–Trinajstić information content (AvgIpc) is 3.49. The molecule has 2 N–H and O–H groups in total. The lowest BCUT2D eigenvalue weighted by molar-refractivity contribution is -0.141. The van der Waals surface area contributed by atoms with Crippen LogP contribution in [0.3, 0.4) is 0 Å². The van der Waals surface area contributed by atoms with E-state index in [0.29, 0.717) is 34.2 Å². The number of hydrazine groups is 1. The highest BCUT2D eigenvalue weighted by molar-refractivity contribution is 6.36. The van der Waals surface area contributed by atoms with Gasteiger partial charge in [-0.15, -0.1) is 0 Å². The van der Waals surface area contributed by atoms with E-state index in [0.717, 1.165) is 16.1 Å². The molecule has 2 heterocycles. The highest BCUT2D eigenvalue weighted by Gasteiger charge is 2.70. The van der Waals surface area contributed by atoms with Gasteiger partial charge in [-0.25, -0.2) is 0 Å². The molecule has 2 saturated heterocycles. The first-order valence-corrected chi connectivity index (χ1v) is 17.0. The van der Waals surface area contributed by atoms with Crippen molar-refractivity contribution in [2.45, 2.75) is 31.1 Å². The summed E-state index contributed by atoms with van der Waals surface area (Å²) in [6.07, 6.45) is 2.54. The summed E-state index contributed by atoms with van der Waals surface area (Å²) in [5, 5.41) is 11.0. The molecule has 3 aromatic rings. The molecule has 0 spiro atoms. The minimum Gasteiger partial charge on any atom is -0.497 e. The molecule has 10 nitrogen and oxygen atoms in total. The van der Waals surface area contributed by atoms with E-state index in [9.17, 15) is 19.5 Å². The third-order valence-electron chi connectivity index (χ3n) is 10.6. The summed E-state index contributed by atoms with van der Waals surface area (Å²) in [5.74, 6) is -3.52. The Balaban J connectivity index is 1.44. The third-order valence-corrected chi connectivity index (χ3v) is 11.1. The molecule has 4 amide bonds. The molecular formula is C37H35Cl2N3O7. The number of ether oxygens (including phenoxy) is 2. The molecule has 2 aliphatic carbocycles. The van der Waals surface area contributed by atoms with Crippen molar-refractivity contribution in [1.29, 1.82) is 0 Å². The molecule has 12 heteroatoms. The van der Waals surface area contributed by atoms with E-state index in [1.165, 1.54) is 11.0 Å². The lowest BCUT2D eigenvalue weighted by Crippen LogP contribution is -2.53. The Morgan fingerprint density at radius 1 is 0.918 bits per heavy atom. The molecule has 0 aromatic heterocycles. The van der Waals surface area contributed by atoms with E-state index in [-0.39, 0.29) is 43.0 Å². The number of nitrogens with zero attached hydrogens (tertiary/aromatic N) is 2. The minimum atomic E-state index is -1.45. The number of allylic oxidation sites excluding steroid dienone is 2. The smallest absolute Gasteiger partial charge is 0.260 e. The summed E-state index contributed by atoms with van der Waals surface area (Å²) in [6.45, 7) is 2.01. The number of benzene rings is 3. The van der Waals surface area contributed by atoms with E-state index in [1.807, 2.05) is 30.3 Å². The molecule has 254 valence electrons. The molecule has 0 radical (unpaired) electrons. The number of carbonyl (C=O) groups is 4. The Hall–Kier alpha value is -4.38. The highest BCUT2D eigenvalue weighted by atomic mass is 35.5. The number of hydrogen-bond acceptors (Lipinski definition) is 8. The Kier molecular flexibility index (Phi) is 8.67. The van der Waals surface area contributed by atoms with Crippen molar-refractivity contribution >= 4 is 52.5 Å². The van der Waals surface area contributed by atoms with Gasteiger partial charge in [0, 0.05) is 17.5 Å². The first-order valence-electron chi connectivity index (χ1n) is 16.3. The first kappa shape index (κ1) is 33.1. The number of aliphatic hydroxyl groups is 1. The SMILES string of the molecule is CCN1C(=O)[C@H]2[C@H](CC=C3[C@H]2C[C@H]2C(=O)N(Nc4ccc(Cl)cc4Cl)C(=O)[C@@]2(c2ccc(OC)cc2)[C@H]3c2ccc(OCCO)cc2)C1=O. The van der Waals surface area contributed by atoms with Gasteiger partial charge in [-0.1, -0.05) is 59.1 Å². The lowest BCUT2D eigenvalue weighted by atomic mass is 9.49. The molecule has 0 unspecified atom stereocenters. The van der Waals surface area contributed by atoms with Crippen molar-refractivity contribution in [3.8, 4) is 11.5 Å². The number of amides is 4. The number of hydrogen-bond donors (Lipinski definition) is 2. The van der Waals surface area contributed by atoms with Crippen LogP contribution in [0.25, 0.3) is 0 Å². The number of nitrogens with one attached hydrogen (secondary N) is 1. The normalized spacial score (nSPS) is 27.4. The molecule has 3 fully saturated rings. The molecular weight excluding hydrogens is 669 g/mol. The van der Waals surface area contributed by atoms with Crippen LogP contribution in [0.4, 0.5) is 5.69 Å². The highest BCUT2D eigenvalue weighted by Crippen LogP contribution is 2.64. The van der Waals surface area contributed by atoms with Gasteiger partial charge in [0.15, 0.2) is 0 Å². The molecule has 2 aliphatic heterocycles. The van der Waals surface area contributed by atoms with Gasteiger partial charge in [0.1, 0.15) is 18.1 Å². The molecule has 6 atom stereocenters. The molecule has 1 saturated carbocycles. The maximum absolute atomic E-state index is 15.3. The second-order valence-corrected chi connectivity index (χ2v) is 13.6. The fourth-order valence-corrected chi connectivity index (χ4v) is 8.97. The largest absolute Gasteiger partial charge is 0.497 e. The van der Waals surface area contributed by atoms with Crippen molar-refractivity contribution in [3.63, 3.8) is 0 Å². The quantitative estimate of drug-likeness (QED) is 0.225. The van der Waals surface area contributed by atoms with Gasteiger partial charge < -0.3 is 14.6 Å². The molecule has 7 rings (SSSR count). The van der Waals surface area contributed by atoms with Crippen molar-refractivity contribution in [3.05, 3.63) is 99.6 Å². The van der Waals surface area contributed by atoms with Crippen LogP contribution >= 0.6 is 23.2 Å². The van der Waals surface area contributed by atoms with Crippen LogP contribution in [0, 0.1) is 23.7 Å². The number of fused-ring (bicyclic) bond motifs is 4. The van der Waals surface area contributed by atoms with Crippen LogP contribution in [0.1, 0.15) is 36.8 Å². The summed E-state index contributed by atoms with van der Waals surface area (Å²) in [5.41, 5.74) is 4.07. The second kappa shape index (κ2) is 12.8. The number of rotatable bonds is 9. The Bertz CT molecular complexity index is 1860. The van der Waals surface area contributed by atoms with E-state index < -0.39 is 46.8 Å². The number of likely N-dealkylation sites (tertiary alicyclic amines) is 1. The number of imide groups is 2. The van der Waals surface area contributed by atoms with Crippen LogP contribution in [-0.2, 0) is 24.6 Å². The number of methoxy groups -OCH3 is 1. The zero-order chi connectivity index (χ0) is 34.6. The van der Waals surface area contributed by atoms with Gasteiger partial charge >= 0.3 is 0 Å². The summed E-state index contributed by atoms with van der Waals surface area (Å²) < 4.78 is 11.1. The second-order valence-electron chi connectivity index (χ2n) is 12.8. The number of halogens is 2. The third kappa shape index (κ3) is 5.11. The maximum Gasteiger partial charge on any atom is 0.260 e. The summed E-state index contributed by atoms with van der Waals surface area (Å²) in [7, 11) is 1.55. The number of carbonyl (C=O) groups excluding carboxylic acids is 4. The molecule has 3 aromatic carbocycles. The zero-order valence-electron chi connectivity index (χ0n) is 26.9. The molecule has 49 heavy (non-hydrogen) atoms. The number of anilines is 1. The zero-order valence-corrected chi connectivity index (χ0v) is 28.4. The van der Waals surface area contributed by atoms with Gasteiger partial charge in [0.25, 0.3) is 11.8 Å². The van der Waals surface area contributed by atoms with Crippen LogP contribution in [0.2, 0.25) is 10.0 Å². The van der Waals surface area contributed by atoms with Crippen molar-refractivity contribution < 1.29 is 33.8 Å². The van der Waals surface area contributed by atoms with Gasteiger partial charge in [0.05, 0.1) is 47.6 Å². The molecule has 4 aliphatic rings. The van der Waals surface area contributed by atoms with Crippen LogP contribution < -0.4 is 14.9 Å². The first-order chi connectivity index (χ1) is 23.6. The van der Waals surface area contributed by atoms with E-state index in [4.69, 9.17) is 32.7 Å². The predicted octanol–water partition coefficient (Wildman–Crippen LogP) is 5.38.